The number of nitrogens with zero attached hydrogens (tertiary/aromatic N) is 3. The smallest absolute Gasteiger partial charge is 0.274 e. The second-order valence-electron chi connectivity index (χ2n) is 5.88. The Hall–Kier alpha value is -1.89. The van der Waals surface area contributed by atoms with Crippen LogP contribution in [0, 0.1) is 6.92 Å². The van der Waals surface area contributed by atoms with Crippen LogP contribution in [0.25, 0.3) is 0 Å². The van der Waals surface area contributed by atoms with E-state index in [2.05, 4.69) is 15.3 Å². The molecule has 2 N–H and O–H groups in total. The molecule has 0 bridgehead atoms. The first-order chi connectivity index (χ1) is 11.3. The monoisotopic (exact) mass is 366 g/mol. The number of hydrogen-bond donors (Lipinski definition) is 2. The molecule has 0 spiro atoms. The zero-order valence-corrected chi connectivity index (χ0v) is 14.9. The Morgan fingerprint density at radius 3 is 2.75 bits per heavy atom. The fourth-order valence-corrected chi connectivity index (χ4v) is 2.98. The predicted molar refractivity (Wildman–Crippen MR) is 94.1 cm³/mol. The summed E-state index contributed by atoms with van der Waals surface area (Å²) in [7, 11) is 0. The molecule has 8 heteroatoms. The van der Waals surface area contributed by atoms with Crippen LogP contribution in [-0.4, -0.2) is 27.2 Å². The van der Waals surface area contributed by atoms with E-state index in [9.17, 15) is 9.90 Å². The Balaban J connectivity index is 2.29. The minimum absolute atomic E-state index is 0.0864. The summed E-state index contributed by atoms with van der Waals surface area (Å²) in [5, 5.41) is 13.4. The lowest BCUT2D eigenvalue weighted by molar-refractivity contribution is -0.123. The zero-order valence-electron chi connectivity index (χ0n) is 13.3. The third-order valence-corrected chi connectivity index (χ3v) is 4.49. The first-order valence-corrected chi connectivity index (χ1v) is 8.16. The average molecular weight is 367 g/mol. The quantitative estimate of drug-likeness (QED) is 0.793. The molecule has 3 rings (SSSR count). The minimum Gasteiger partial charge on any atom is -0.365 e. The molecule has 0 aromatic carbocycles. The fourth-order valence-electron chi connectivity index (χ4n) is 2.70. The van der Waals surface area contributed by atoms with Crippen molar-refractivity contribution in [2.24, 2.45) is 0 Å². The zero-order chi connectivity index (χ0) is 17.6. The molecule has 1 unspecified atom stereocenters. The van der Waals surface area contributed by atoms with E-state index in [4.69, 9.17) is 23.2 Å². The Bertz CT molecular complexity index is 826. The molecule has 0 radical (unpaired) electrons. The van der Waals surface area contributed by atoms with Crippen molar-refractivity contribution in [1.29, 1.82) is 0 Å². The van der Waals surface area contributed by atoms with Gasteiger partial charge in [-0.3, -0.25) is 14.7 Å². The third-order valence-electron chi connectivity index (χ3n) is 3.82. The molecule has 3 heterocycles. The molecule has 6 nitrogen and oxygen atoms in total. The van der Waals surface area contributed by atoms with Crippen LogP contribution in [-0.2, 0) is 4.79 Å². The molecular weight excluding hydrogens is 351 g/mol. The second-order valence-corrected chi connectivity index (χ2v) is 6.65. The van der Waals surface area contributed by atoms with Gasteiger partial charge in [0.15, 0.2) is 5.82 Å². The van der Waals surface area contributed by atoms with Gasteiger partial charge in [-0.05, 0) is 30.5 Å². The lowest BCUT2D eigenvalue weighted by Gasteiger charge is -2.36. The largest absolute Gasteiger partial charge is 0.365 e. The van der Waals surface area contributed by atoms with E-state index in [-0.39, 0.29) is 16.1 Å². The fraction of sp³-hybridized carbons (Fsp3) is 0.312. The molecule has 24 heavy (non-hydrogen) atoms. The van der Waals surface area contributed by atoms with Gasteiger partial charge >= 0.3 is 0 Å². The topological polar surface area (TPSA) is 78.4 Å². The number of carbonyl (C=O) groups excluding carboxylic acids is 1. The number of aliphatic hydroxyl groups is 1. The number of hydrogen-bond acceptors (Lipinski definition) is 5. The number of nitrogens with one attached hydrogen (secondary N) is 1. The maximum absolute atomic E-state index is 12.2. The number of fused-ring (bicyclic) bond motifs is 1. The minimum atomic E-state index is -1.44. The van der Waals surface area contributed by atoms with Gasteiger partial charge in [0.1, 0.15) is 5.15 Å². The molecular formula is C16H16Cl2N4O2. The summed E-state index contributed by atoms with van der Waals surface area (Å²) in [6.45, 7) is 5.87. The Kier molecular flexibility index (Phi) is 4.38. The van der Waals surface area contributed by atoms with E-state index < -0.39 is 12.1 Å². The molecule has 0 aliphatic carbocycles. The van der Waals surface area contributed by atoms with Gasteiger partial charge in [-0.15, -0.1) is 0 Å². The van der Waals surface area contributed by atoms with E-state index in [0.717, 1.165) is 11.3 Å². The van der Waals surface area contributed by atoms with E-state index in [1.54, 1.807) is 6.20 Å². The van der Waals surface area contributed by atoms with Crippen molar-refractivity contribution in [2.45, 2.75) is 32.9 Å². The van der Waals surface area contributed by atoms with Crippen molar-refractivity contribution in [2.75, 3.05) is 10.2 Å². The van der Waals surface area contributed by atoms with E-state index >= 15 is 0 Å². The second kappa shape index (κ2) is 6.20. The van der Waals surface area contributed by atoms with Gasteiger partial charge in [0, 0.05) is 6.20 Å². The highest BCUT2D eigenvalue weighted by Crippen LogP contribution is 2.42. The summed E-state index contributed by atoms with van der Waals surface area (Å²) in [5.74, 6) is -0.154. The predicted octanol–water partition coefficient (Wildman–Crippen LogP) is 3.62. The van der Waals surface area contributed by atoms with Crippen molar-refractivity contribution in [3.63, 3.8) is 0 Å². The molecule has 1 aliphatic rings. The highest BCUT2D eigenvalue weighted by Gasteiger charge is 2.36. The van der Waals surface area contributed by atoms with Crippen molar-refractivity contribution in [1.82, 2.24) is 9.97 Å². The number of aliphatic hydroxyl groups excluding tert-OH is 1. The molecule has 126 valence electrons. The lowest BCUT2D eigenvalue weighted by atomic mass is 10.0. The standard InChI is InChI=1S/C16H16Cl2N4O2/c1-7(2)11-12(8(3)4-5-19-11)22-14-10(20-15(23)16(22)24)6-9(17)13(18)21-14/h4-7,16,24H,1-3H3,(H,20,23). The molecule has 1 atom stereocenters. The number of pyridine rings is 2. The number of halogens is 2. The number of aromatic nitrogens is 2. The van der Waals surface area contributed by atoms with Crippen molar-refractivity contribution < 1.29 is 9.90 Å². The molecule has 0 saturated heterocycles. The van der Waals surface area contributed by atoms with Crippen molar-refractivity contribution in [3.8, 4) is 0 Å². The van der Waals surface area contributed by atoms with Gasteiger partial charge in [-0.2, -0.15) is 0 Å². The Morgan fingerprint density at radius 2 is 2.08 bits per heavy atom. The number of amides is 1. The van der Waals surface area contributed by atoms with Crippen LogP contribution in [0.4, 0.5) is 17.2 Å². The van der Waals surface area contributed by atoms with Crippen molar-refractivity contribution in [3.05, 3.63) is 39.8 Å². The summed E-state index contributed by atoms with van der Waals surface area (Å²) in [6.07, 6.45) is 0.260. The van der Waals surface area contributed by atoms with Crippen LogP contribution >= 0.6 is 23.2 Å². The van der Waals surface area contributed by atoms with Gasteiger partial charge in [-0.1, -0.05) is 37.0 Å². The molecule has 0 fully saturated rings. The van der Waals surface area contributed by atoms with Crippen LogP contribution in [0.15, 0.2) is 18.3 Å². The number of carbonyl (C=O) groups is 1. The Morgan fingerprint density at radius 1 is 1.38 bits per heavy atom. The Labute approximate surface area is 149 Å². The van der Waals surface area contributed by atoms with Crippen LogP contribution in [0.1, 0.15) is 31.0 Å². The summed E-state index contributed by atoms with van der Waals surface area (Å²) in [4.78, 5) is 22.3. The first-order valence-electron chi connectivity index (χ1n) is 7.41. The van der Waals surface area contributed by atoms with Gasteiger partial charge in [-0.25, -0.2) is 4.98 Å². The first kappa shape index (κ1) is 17.0. The molecule has 1 aliphatic heterocycles. The third kappa shape index (κ3) is 2.70. The maximum Gasteiger partial charge on any atom is 0.274 e. The summed E-state index contributed by atoms with van der Waals surface area (Å²) < 4.78 is 0. The average Bonchev–Trinajstić information content (AvgIpc) is 2.51. The lowest BCUT2D eigenvalue weighted by Crippen LogP contribution is -2.46. The van der Waals surface area contributed by atoms with E-state index in [1.807, 2.05) is 26.8 Å². The highest BCUT2D eigenvalue weighted by molar-refractivity contribution is 6.41. The summed E-state index contributed by atoms with van der Waals surface area (Å²) in [5.41, 5.74) is 2.64. The number of rotatable bonds is 2. The van der Waals surface area contributed by atoms with Crippen LogP contribution < -0.4 is 10.2 Å². The summed E-state index contributed by atoms with van der Waals surface area (Å²) in [6, 6.07) is 3.33. The maximum atomic E-state index is 12.2. The van der Waals surface area contributed by atoms with E-state index in [0.29, 0.717) is 17.2 Å². The molecule has 0 saturated carbocycles. The van der Waals surface area contributed by atoms with Crippen LogP contribution in [0.3, 0.4) is 0 Å². The van der Waals surface area contributed by atoms with Gasteiger partial charge in [0.2, 0.25) is 6.23 Å². The summed E-state index contributed by atoms with van der Waals surface area (Å²) >= 11 is 12.0. The molecule has 2 aromatic heterocycles. The SMILES string of the molecule is Cc1ccnc(C(C)C)c1N1c2nc(Cl)c(Cl)cc2NC(=O)C1O. The number of aryl methyl sites for hydroxylation is 1. The number of anilines is 3. The molecule has 1 amide bonds. The highest BCUT2D eigenvalue weighted by atomic mass is 35.5. The molecule has 2 aromatic rings. The van der Waals surface area contributed by atoms with Gasteiger partial charge in [0.05, 0.1) is 22.1 Å². The van der Waals surface area contributed by atoms with Crippen molar-refractivity contribution >= 4 is 46.3 Å². The normalized spacial score (nSPS) is 17.0. The van der Waals surface area contributed by atoms with E-state index in [1.165, 1.54) is 11.0 Å². The van der Waals surface area contributed by atoms with Crippen LogP contribution in [0.2, 0.25) is 10.2 Å². The van der Waals surface area contributed by atoms with Gasteiger partial charge in [0.25, 0.3) is 5.91 Å². The van der Waals surface area contributed by atoms with Gasteiger partial charge < -0.3 is 10.4 Å². The van der Waals surface area contributed by atoms with Crippen LogP contribution in [0.5, 0.6) is 0 Å².